The van der Waals surface area contributed by atoms with Gasteiger partial charge in [0, 0.05) is 56.7 Å². The van der Waals surface area contributed by atoms with E-state index in [1.807, 2.05) is 19.9 Å². The van der Waals surface area contributed by atoms with Gasteiger partial charge < -0.3 is 14.9 Å². The van der Waals surface area contributed by atoms with Crippen LogP contribution in [0.25, 0.3) is 0 Å². The quantitative estimate of drug-likeness (QED) is 0.317. The molecule has 0 unspecified atom stereocenters. The first kappa shape index (κ1) is 29.5. The third-order valence-electron chi connectivity index (χ3n) is 9.26. The van der Waals surface area contributed by atoms with Crippen LogP contribution in [0.1, 0.15) is 68.0 Å². The number of hydrogen-bond donors (Lipinski definition) is 1. The summed E-state index contributed by atoms with van der Waals surface area (Å²) in [4.78, 5) is 16.8. The van der Waals surface area contributed by atoms with E-state index in [1.54, 1.807) is 12.1 Å². The summed E-state index contributed by atoms with van der Waals surface area (Å²) in [6, 6.07) is 19.9. The van der Waals surface area contributed by atoms with Crippen molar-refractivity contribution in [3.05, 3.63) is 89.0 Å². The second-order valence-corrected chi connectivity index (χ2v) is 12.4. The Morgan fingerprint density at radius 3 is 2.44 bits per heavy atom. The first-order valence-corrected chi connectivity index (χ1v) is 15.3. The summed E-state index contributed by atoms with van der Waals surface area (Å²) in [5, 5.41) is 14.7. The molecule has 3 heterocycles. The first-order valence-electron chi connectivity index (χ1n) is 15.3. The second-order valence-electron chi connectivity index (χ2n) is 12.4. The van der Waals surface area contributed by atoms with E-state index >= 15 is 0 Å². The molecule has 2 aromatic carbocycles. The third kappa shape index (κ3) is 7.25. The second kappa shape index (κ2) is 13.3. The van der Waals surface area contributed by atoms with E-state index in [4.69, 9.17) is 5.10 Å². The van der Waals surface area contributed by atoms with Crippen molar-refractivity contribution in [1.29, 1.82) is 0 Å². The zero-order valence-corrected chi connectivity index (χ0v) is 24.8. The largest absolute Gasteiger partial charge is 0.481 e. The van der Waals surface area contributed by atoms with Gasteiger partial charge in [0.15, 0.2) is 0 Å². The molecule has 2 aliphatic rings. The molecule has 3 atom stereocenters. The molecule has 1 N–H and O–H groups in total. The van der Waals surface area contributed by atoms with Crippen molar-refractivity contribution < 1.29 is 14.3 Å². The van der Waals surface area contributed by atoms with Gasteiger partial charge in [-0.1, -0.05) is 56.3 Å². The molecule has 220 valence electrons. The Hall–Kier alpha value is -3.03. The first-order chi connectivity index (χ1) is 19.8. The fourth-order valence-electron chi connectivity index (χ4n) is 6.96. The summed E-state index contributed by atoms with van der Waals surface area (Å²) in [5.41, 5.74) is 4.81. The minimum atomic E-state index is -0.730. The number of halogens is 1. The van der Waals surface area contributed by atoms with Gasteiger partial charge in [0.25, 0.3) is 0 Å². The van der Waals surface area contributed by atoms with E-state index in [0.717, 1.165) is 69.8 Å². The molecule has 2 aliphatic heterocycles. The van der Waals surface area contributed by atoms with E-state index in [0.29, 0.717) is 18.4 Å². The zero-order chi connectivity index (χ0) is 28.9. The molecule has 3 aromatic rings. The summed E-state index contributed by atoms with van der Waals surface area (Å²) in [6.45, 7) is 12.2. The van der Waals surface area contributed by atoms with Crippen molar-refractivity contribution in [3.63, 3.8) is 0 Å². The van der Waals surface area contributed by atoms with Gasteiger partial charge in [-0.15, -0.1) is 0 Å². The highest BCUT2D eigenvalue weighted by Gasteiger charge is 2.38. The molecule has 6 nitrogen and oxygen atoms in total. The van der Waals surface area contributed by atoms with E-state index < -0.39 is 11.9 Å². The highest BCUT2D eigenvalue weighted by Crippen LogP contribution is 2.36. The number of benzene rings is 2. The van der Waals surface area contributed by atoms with Gasteiger partial charge in [-0.2, -0.15) is 5.10 Å². The van der Waals surface area contributed by atoms with E-state index in [1.165, 1.54) is 17.3 Å². The van der Waals surface area contributed by atoms with Crippen molar-refractivity contribution in [2.45, 2.75) is 58.4 Å². The van der Waals surface area contributed by atoms with Gasteiger partial charge in [0.2, 0.25) is 0 Å². The Morgan fingerprint density at radius 2 is 1.78 bits per heavy atom. The standard InChI is InChI=1S/C34H45FN4O2/c1-4-39-33(19-30(36-39)17-25-9-6-5-7-10-25)26-13-15-37(16-14-26)20-28-21-38(22-31(24(2)3)34(40)41)23-32(28)27-11-8-12-29(35)18-27/h5-12,18-19,24,26,28,31-32H,4,13-17,20-23H2,1-3H3,(H,40,41)/t28-,31-,32+/m0/s1. The molecule has 0 aliphatic carbocycles. The van der Waals surface area contributed by atoms with Crippen LogP contribution < -0.4 is 0 Å². The van der Waals surface area contributed by atoms with Crippen LogP contribution in [0.2, 0.25) is 0 Å². The Labute approximate surface area is 244 Å². The Bertz CT molecular complexity index is 1280. The number of aromatic nitrogens is 2. The maximum Gasteiger partial charge on any atom is 0.308 e. The molecular formula is C34H45FN4O2. The monoisotopic (exact) mass is 560 g/mol. The normalized spacial score (nSPS) is 21.5. The minimum Gasteiger partial charge on any atom is -0.481 e. The average Bonchev–Trinajstić information content (AvgIpc) is 3.56. The van der Waals surface area contributed by atoms with Gasteiger partial charge >= 0.3 is 5.97 Å². The summed E-state index contributed by atoms with van der Waals surface area (Å²) >= 11 is 0. The number of aliphatic carboxylic acids is 1. The minimum absolute atomic E-state index is 0.0722. The molecule has 2 fully saturated rings. The predicted octanol–water partition coefficient (Wildman–Crippen LogP) is 5.88. The lowest BCUT2D eigenvalue weighted by molar-refractivity contribution is -0.143. The molecule has 41 heavy (non-hydrogen) atoms. The maximum absolute atomic E-state index is 14.2. The summed E-state index contributed by atoms with van der Waals surface area (Å²) in [7, 11) is 0. The maximum atomic E-state index is 14.2. The molecule has 0 radical (unpaired) electrons. The number of rotatable bonds is 11. The summed E-state index contributed by atoms with van der Waals surface area (Å²) in [5.74, 6) is -0.211. The Morgan fingerprint density at radius 1 is 1.02 bits per heavy atom. The van der Waals surface area contributed by atoms with Crippen molar-refractivity contribution >= 4 is 5.97 Å². The average molecular weight is 561 g/mol. The zero-order valence-electron chi connectivity index (χ0n) is 24.8. The molecule has 5 rings (SSSR count). The molecule has 7 heteroatoms. The van der Waals surface area contributed by atoms with E-state index in [-0.39, 0.29) is 17.7 Å². The van der Waals surface area contributed by atoms with Crippen molar-refractivity contribution in [1.82, 2.24) is 19.6 Å². The van der Waals surface area contributed by atoms with E-state index in [2.05, 4.69) is 57.8 Å². The molecule has 0 spiro atoms. The van der Waals surface area contributed by atoms with Crippen LogP contribution in [0, 0.1) is 23.6 Å². The molecule has 1 aromatic heterocycles. The number of piperidine rings is 1. The van der Waals surface area contributed by atoms with Crippen LogP contribution in [0.3, 0.4) is 0 Å². The molecule has 0 amide bonds. The molecule has 0 bridgehead atoms. The van der Waals surface area contributed by atoms with Crippen molar-refractivity contribution in [2.24, 2.45) is 17.8 Å². The van der Waals surface area contributed by atoms with Crippen LogP contribution in [-0.4, -0.2) is 69.9 Å². The Kier molecular flexibility index (Phi) is 9.56. The van der Waals surface area contributed by atoms with Crippen molar-refractivity contribution in [3.8, 4) is 0 Å². The summed E-state index contributed by atoms with van der Waals surface area (Å²) < 4.78 is 16.4. The Balaban J connectivity index is 1.24. The highest BCUT2D eigenvalue weighted by atomic mass is 19.1. The topological polar surface area (TPSA) is 61.6 Å². The third-order valence-corrected chi connectivity index (χ3v) is 9.26. The lowest BCUT2D eigenvalue weighted by Crippen LogP contribution is -2.39. The number of carbonyl (C=O) groups is 1. The van der Waals surface area contributed by atoms with Gasteiger partial charge in [-0.05, 0) is 74.0 Å². The number of aryl methyl sites for hydroxylation is 1. The van der Waals surface area contributed by atoms with Crippen LogP contribution in [0.15, 0.2) is 60.7 Å². The lowest BCUT2D eigenvalue weighted by Gasteiger charge is -2.35. The number of carboxylic acid groups (broad SMARTS) is 1. The fourth-order valence-corrected chi connectivity index (χ4v) is 6.96. The fraction of sp³-hybridized carbons (Fsp3) is 0.529. The van der Waals surface area contributed by atoms with Crippen LogP contribution in [0.4, 0.5) is 4.39 Å². The molecule has 2 saturated heterocycles. The van der Waals surface area contributed by atoms with Crippen LogP contribution in [0.5, 0.6) is 0 Å². The van der Waals surface area contributed by atoms with Gasteiger partial charge in [-0.3, -0.25) is 9.48 Å². The van der Waals surface area contributed by atoms with Gasteiger partial charge in [0.05, 0.1) is 11.6 Å². The number of carboxylic acids is 1. The smallest absolute Gasteiger partial charge is 0.308 e. The van der Waals surface area contributed by atoms with Crippen molar-refractivity contribution in [2.75, 3.05) is 39.3 Å². The predicted molar refractivity (Wildman–Crippen MR) is 161 cm³/mol. The lowest BCUT2D eigenvalue weighted by atomic mass is 9.87. The number of likely N-dealkylation sites (tertiary alicyclic amines) is 2. The summed E-state index contributed by atoms with van der Waals surface area (Å²) in [6.07, 6.45) is 3.07. The van der Waals surface area contributed by atoms with Gasteiger partial charge in [-0.25, -0.2) is 4.39 Å². The highest BCUT2D eigenvalue weighted by molar-refractivity contribution is 5.70. The van der Waals surface area contributed by atoms with Crippen LogP contribution in [-0.2, 0) is 17.8 Å². The van der Waals surface area contributed by atoms with Gasteiger partial charge in [0.1, 0.15) is 5.82 Å². The van der Waals surface area contributed by atoms with E-state index in [9.17, 15) is 14.3 Å². The molecule has 0 saturated carbocycles. The number of hydrogen-bond acceptors (Lipinski definition) is 4. The SMILES string of the molecule is CCn1nc(Cc2ccccc2)cc1C1CCN(C[C@H]2CN(C[C@H](C(=O)O)C(C)C)C[C@@H]2c2cccc(F)c2)CC1. The van der Waals surface area contributed by atoms with Crippen LogP contribution >= 0.6 is 0 Å². The molecular weight excluding hydrogens is 515 g/mol. The number of nitrogens with zero attached hydrogens (tertiary/aromatic N) is 4.